The maximum atomic E-state index is 11.8. The van der Waals surface area contributed by atoms with Crippen molar-refractivity contribution in [3.63, 3.8) is 0 Å². The molecule has 0 spiro atoms. The summed E-state index contributed by atoms with van der Waals surface area (Å²) in [5.74, 6) is 6.05. The number of carbonyl (C=O) groups is 1. The van der Waals surface area contributed by atoms with Gasteiger partial charge in [-0.25, -0.2) is 5.84 Å². The fourth-order valence-corrected chi connectivity index (χ4v) is 3.26. The smallest absolute Gasteiger partial charge is 0.238 e. The normalized spacial score (nSPS) is 17.9. The van der Waals surface area contributed by atoms with Crippen molar-refractivity contribution < 1.29 is 9.53 Å². The highest BCUT2D eigenvalue weighted by Crippen LogP contribution is 2.21. The Hall–Kier alpha value is -2.37. The first-order chi connectivity index (χ1) is 12.2. The zero-order chi connectivity index (χ0) is 17.5. The summed E-state index contributed by atoms with van der Waals surface area (Å²) in [6, 6.07) is 18.3. The zero-order valence-electron chi connectivity index (χ0n) is 14.4. The van der Waals surface area contributed by atoms with E-state index in [1.54, 1.807) is 0 Å². The molecule has 1 aliphatic rings. The topological polar surface area (TPSA) is 67.6 Å². The summed E-state index contributed by atoms with van der Waals surface area (Å²) in [4.78, 5) is 14.1. The first-order valence-corrected chi connectivity index (χ1v) is 8.73. The van der Waals surface area contributed by atoms with Crippen LogP contribution in [0.1, 0.15) is 24.0 Å². The van der Waals surface area contributed by atoms with Crippen molar-refractivity contribution in [2.45, 2.75) is 26.0 Å². The lowest BCUT2D eigenvalue weighted by molar-refractivity contribution is -0.126. The van der Waals surface area contributed by atoms with Gasteiger partial charge in [0.25, 0.3) is 0 Å². The van der Waals surface area contributed by atoms with Crippen LogP contribution in [0.25, 0.3) is 0 Å². The molecule has 1 amide bonds. The standard InChI is InChI=1S/C20H25N3O2/c21-22-20(24)18-9-5-11-23(14-18)13-17-8-4-10-19(12-17)25-15-16-6-2-1-3-7-16/h1-4,6-8,10,12,18H,5,9,11,13-15,21H2,(H,22,24). The van der Waals surface area contributed by atoms with Crippen LogP contribution in [0.2, 0.25) is 0 Å². The monoisotopic (exact) mass is 339 g/mol. The number of carbonyl (C=O) groups excluding carboxylic acids is 1. The van der Waals surface area contributed by atoms with Crippen LogP contribution in [0.4, 0.5) is 0 Å². The fraction of sp³-hybridized carbons (Fsp3) is 0.350. The lowest BCUT2D eigenvalue weighted by atomic mass is 9.97. The van der Waals surface area contributed by atoms with Crippen LogP contribution >= 0.6 is 0 Å². The minimum Gasteiger partial charge on any atom is -0.489 e. The van der Waals surface area contributed by atoms with Crippen LogP contribution in [0, 0.1) is 5.92 Å². The molecule has 0 saturated carbocycles. The molecule has 1 unspecified atom stereocenters. The number of benzene rings is 2. The molecule has 132 valence electrons. The Morgan fingerprint density at radius 3 is 2.76 bits per heavy atom. The molecule has 1 saturated heterocycles. The van der Waals surface area contributed by atoms with Crippen molar-refractivity contribution in [2.24, 2.45) is 11.8 Å². The first kappa shape index (κ1) is 17.5. The van der Waals surface area contributed by atoms with Gasteiger partial charge >= 0.3 is 0 Å². The van der Waals surface area contributed by atoms with Gasteiger partial charge in [-0.2, -0.15) is 0 Å². The molecular formula is C20H25N3O2. The van der Waals surface area contributed by atoms with Crippen LogP contribution in [0.5, 0.6) is 5.75 Å². The van der Waals surface area contributed by atoms with E-state index in [9.17, 15) is 4.79 Å². The van der Waals surface area contributed by atoms with Gasteiger partial charge in [-0.15, -0.1) is 0 Å². The minimum absolute atomic E-state index is 0.0173. The first-order valence-electron chi connectivity index (χ1n) is 8.73. The number of hydrogen-bond donors (Lipinski definition) is 2. The molecule has 1 atom stereocenters. The summed E-state index contributed by atoms with van der Waals surface area (Å²) in [5, 5.41) is 0. The molecular weight excluding hydrogens is 314 g/mol. The van der Waals surface area contributed by atoms with E-state index in [0.717, 1.165) is 43.8 Å². The highest BCUT2D eigenvalue weighted by atomic mass is 16.5. The van der Waals surface area contributed by atoms with Crippen molar-refractivity contribution in [1.29, 1.82) is 0 Å². The van der Waals surface area contributed by atoms with Gasteiger partial charge in [0, 0.05) is 13.1 Å². The Bertz CT molecular complexity index is 690. The van der Waals surface area contributed by atoms with E-state index in [1.165, 1.54) is 5.56 Å². The quantitative estimate of drug-likeness (QED) is 0.482. The molecule has 0 bridgehead atoms. The number of piperidine rings is 1. The third-order valence-electron chi connectivity index (χ3n) is 4.57. The number of ether oxygens (including phenoxy) is 1. The van der Waals surface area contributed by atoms with Crippen LogP contribution in [0.15, 0.2) is 54.6 Å². The van der Waals surface area contributed by atoms with Gasteiger partial charge in [-0.3, -0.25) is 15.1 Å². The molecule has 0 aromatic heterocycles. The summed E-state index contributed by atoms with van der Waals surface area (Å²) < 4.78 is 5.90. The van der Waals surface area contributed by atoms with E-state index >= 15 is 0 Å². The second kappa shape index (κ2) is 8.65. The maximum Gasteiger partial charge on any atom is 0.238 e. The van der Waals surface area contributed by atoms with Gasteiger partial charge in [-0.05, 0) is 42.6 Å². The van der Waals surface area contributed by atoms with Crippen molar-refractivity contribution in [1.82, 2.24) is 10.3 Å². The van der Waals surface area contributed by atoms with Gasteiger partial charge in [0.15, 0.2) is 0 Å². The molecule has 5 heteroatoms. The third-order valence-corrected chi connectivity index (χ3v) is 4.57. The van der Waals surface area contributed by atoms with Crippen LogP contribution in [-0.2, 0) is 17.9 Å². The molecule has 0 aliphatic carbocycles. The average Bonchev–Trinajstić information content (AvgIpc) is 2.67. The Balaban J connectivity index is 1.57. The second-order valence-corrected chi connectivity index (χ2v) is 6.50. The summed E-state index contributed by atoms with van der Waals surface area (Å²) in [5.41, 5.74) is 4.62. The number of nitrogens with one attached hydrogen (secondary N) is 1. The van der Waals surface area contributed by atoms with Crippen LogP contribution in [-0.4, -0.2) is 23.9 Å². The number of likely N-dealkylation sites (tertiary alicyclic amines) is 1. The lowest BCUT2D eigenvalue weighted by Crippen LogP contribution is -2.44. The molecule has 1 aliphatic heterocycles. The van der Waals surface area contributed by atoms with Crippen molar-refractivity contribution in [3.05, 3.63) is 65.7 Å². The Kier molecular flexibility index (Phi) is 6.04. The summed E-state index contributed by atoms with van der Waals surface area (Å²) >= 11 is 0. The highest BCUT2D eigenvalue weighted by Gasteiger charge is 2.25. The van der Waals surface area contributed by atoms with Crippen LogP contribution < -0.4 is 16.0 Å². The minimum atomic E-state index is -0.0651. The summed E-state index contributed by atoms with van der Waals surface area (Å²) in [7, 11) is 0. The number of hydrazine groups is 1. The molecule has 5 nitrogen and oxygen atoms in total. The van der Waals surface area contributed by atoms with Gasteiger partial charge in [-0.1, -0.05) is 42.5 Å². The van der Waals surface area contributed by atoms with Crippen molar-refractivity contribution in [2.75, 3.05) is 13.1 Å². The fourth-order valence-electron chi connectivity index (χ4n) is 3.26. The Morgan fingerprint density at radius 2 is 1.96 bits per heavy atom. The van der Waals surface area contributed by atoms with E-state index in [0.29, 0.717) is 6.61 Å². The van der Waals surface area contributed by atoms with E-state index in [1.807, 2.05) is 30.3 Å². The summed E-state index contributed by atoms with van der Waals surface area (Å²) in [6.45, 7) is 3.13. The van der Waals surface area contributed by atoms with E-state index < -0.39 is 0 Å². The second-order valence-electron chi connectivity index (χ2n) is 6.50. The van der Waals surface area contributed by atoms with E-state index in [-0.39, 0.29) is 11.8 Å². The number of nitrogens with two attached hydrogens (primary N) is 1. The molecule has 3 rings (SSSR count). The third kappa shape index (κ3) is 5.05. The average molecular weight is 339 g/mol. The molecule has 25 heavy (non-hydrogen) atoms. The lowest BCUT2D eigenvalue weighted by Gasteiger charge is -2.31. The van der Waals surface area contributed by atoms with Gasteiger partial charge < -0.3 is 4.74 Å². The van der Waals surface area contributed by atoms with Gasteiger partial charge in [0.1, 0.15) is 12.4 Å². The van der Waals surface area contributed by atoms with Crippen molar-refractivity contribution >= 4 is 5.91 Å². The molecule has 2 aromatic rings. The molecule has 1 fully saturated rings. The predicted molar refractivity (Wildman–Crippen MR) is 97.5 cm³/mol. The Morgan fingerprint density at radius 1 is 1.16 bits per heavy atom. The highest BCUT2D eigenvalue weighted by molar-refractivity contribution is 5.78. The largest absolute Gasteiger partial charge is 0.489 e. The molecule has 1 heterocycles. The molecule has 3 N–H and O–H groups in total. The zero-order valence-corrected chi connectivity index (χ0v) is 14.4. The number of amides is 1. The number of nitrogens with zero attached hydrogens (tertiary/aromatic N) is 1. The van der Waals surface area contributed by atoms with Crippen molar-refractivity contribution in [3.8, 4) is 5.75 Å². The summed E-state index contributed by atoms with van der Waals surface area (Å²) in [6.07, 6.45) is 1.92. The van der Waals surface area contributed by atoms with E-state index in [2.05, 4.69) is 34.6 Å². The molecule has 2 aromatic carbocycles. The van der Waals surface area contributed by atoms with E-state index in [4.69, 9.17) is 10.6 Å². The SMILES string of the molecule is NNC(=O)C1CCCN(Cc2cccc(OCc3ccccc3)c2)C1. The van der Waals surface area contributed by atoms with Gasteiger partial charge in [0.05, 0.1) is 5.92 Å². The predicted octanol–water partition coefficient (Wildman–Crippen LogP) is 2.47. The molecule has 0 radical (unpaired) electrons. The number of rotatable bonds is 6. The number of hydrogen-bond acceptors (Lipinski definition) is 4. The maximum absolute atomic E-state index is 11.8. The Labute approximate surface area is 148 Å². The van der Waals surface area contributed by atoms with Gasteiger partial charge in [0.2, 0.25) is 5.91 Å². The van der Waals surface area contributed by atoms with Crippen LogP contribution in [0.3, 0.4) is 0 Å².